The number of nitrogens with one attached hydrogen (secondary N) is 1. The summed E-state index contributed by atoms with van der Waals surface area (Å²) < 4.78 is 13.3. The molecule has 19 heavy (non-hydrogen) atoms. The fraction of sp³-hybridized carbons (Fsp3) is 0.538. The van der Waals surface area contributed by atoms with Crippen LogP contribution in [-0.2, 0) is 17.2 Å². The number of hydrogen-bond donors (Lipinski definition) is 1. The summed E-state index contributed by atoms with van der Waals surface area (Å²) in [6.07, 6.45) is 4.90. The zero-order valence-corrected chi connectivity index (χ0v) is 11.6. The maximum Gasteiger partial charge on any atom is 0.160 e. The molecule has 102 valence electrons. The van der Waals surface area contributed by atoms with Crippen LogP contribution < -0.4 is 5.32 Å². The normalized spacial score (nSPS) is 23.8. The van der Waals surface area contributed by atoms with E-state index in [2.05, 4.69) is 15.5 Å². The molecule has 1 N–H and O–H groups in total. The summed E-state index contributed by atoms with van der Waals surface area (Å²) in [7, 11) is -0.581. The third-order valence-corrected chi connectivity index (χ3v) is 4.94. The molecule has 2 aromatic heterocycles. The fourth-order valence-electron chi connectivity index (χ4n) is 2.45. The number of nitrogens with zero attached hydrogens (tertiary/aromatic N) is 3. The van der Waals surface area contributed by atoms with E-state index in [1.54, 1.807) is 0 Å². The van der Waals surface area contributed by atoms with Gasteiger partial charge >= 0.3 is 0 Å². The first-order valence-corrected chi connectivity index (χ1v) is 8.19. The first kappa shape index (κ1) is 12.7. The second-order valence-corrected chi connectivity index (χ2v) is 6.57. The van der Waals surface area contributed by atoms with E-state index in [9.17, 15) is 4.21 Å². The first-order valence-electron chi connectivity index (χ1n) is 6.70. The Morgan fingerprint density at radius 1 is 1.32 bits per heavy atom. The predicted molar refractivity (Wildman–Crippen MR) is 75.6 cm³/mol. The van der Waals surface area contributed by atoms with Gasteiger partial charge in [0.25, 0.3) is 0 Å². The van der Waals surface area contributed by atoms with Gasteiger partial charge in [0.1, 0.15) is 5.82 Å². The molecule has 3 heterocycles. The van der Waals surface area contributed by atoms with Crippen molar-refractivity contribution in [1.29, 1.82) is 0 Å². The predicted octanol–water partition coefficient (Wildman–Crippen LogP) is 0.772. The first-order chi connectivity index (χ1) is 9.33. The molecule has 3 rings (SSSR count). The Morgan fingerprint density at radius 3 is 3.00 bits per heavy atom. The van der Waals surface area contributed by atoms with Gasteiger partial charge in [-0.3, -0.25) is 8.61 Å². The smallest absolute Gasteiger partial charge is 0.160 e. The highest BCUT2D eigenvalue weighted by Crippen LogP contribution is 2.09. The molecular weight excluding hydrogens is 260 g/mol. The van der Waals surface area contributed by atoms with Gasteiger partial charge in [0.05, 0.1) is 0 Å². The summed E-state index contributed by atoms with van der Waals surface area (Å²) in [5.74, 6) is 2.67. The monoisotopic (exact) mass is 278 g/mol. The van der Waals surface area contributed by atoms with Crippen molar-refractivity contribution in [3.63, 3.8) is 0 Å². The van der Waals surface area contributed by atoms with Crippen LogP contribution in [0.5, 0.6) is 0 Å². The second kappa shape index (κ2) is 5.79. The maximum atomic E-state index is 11.3. The summed E-state index contributed by atoms with van der Waals surface area (Å²) in [6.45, 7) is 0.896. The van der Waals surface area contributed by atoms with Crippen LogP contribution >= 0.6 is 0 Å². The van der Waals surface area contributed by atoms with E-state index >= 15 is 0 Å². The van der Waals surface area contributed by atoms with Crippen molar-refractivity contribution in [1.82, 2.24) is 19.9 Å². The highest BCUT2D eigenvalue weighted by molar-refractivity contribution is 7.85. The Hall–Kier alpha value is -1.27. The van der Waals surface area contributed by atoms with Crippen LogP contribution in [0.3, 0.4) is 0 Å². The van der Waals surface area contributed by atoms with Crippen molar-refractivity contribution in [2.75, 3.05) is 18.1 Å². The molecule has 0 aromatic carbocycles. The van der Waals surface area contributed by atoms with E-state index in [4.69, 9.17) is 0 Å². The topological polar surface area (TPSA) is 59.3 Å². The largest absolute Gasteiger partial charge is 0.313 e. The van der Waals surface area contributed by atoms with Crippen LogP contribution in [0.1, 0.15) is 18.7 Å². The molecular formula is C13H18N4OS. The van der Waals surface area contributed by atoms with Crippen LogP contribution in [0.25, 0.3) is 5.65 Å². The minimum atomic E-state index is -0.581. The SMILES string of the molecule is O=S1CCC(NCCc2nnc3ccccn23)CC1. The highest BCUT2D eigenvalue weighted by Gasteiger charge is 2.17. The van der Waals surface area contributed by atoms with E-state index in [1.165, 1.54) is 0 Å². The Kier molecular flexibility index (Phi) is 3.89. The molecule has 0 saturated carbocycles. The molecule has 1 aliphatic rings. The molecule has 0 unspecified atom stereocenters. The van der Waals surface area contributed by atoms with E-state index in [0.717, 1.165) is 48.8 Å². The van der Waals surface area contributed by atoms with E-state index in [1.807, 2.05) is 28.8 Å². The molecule has 6 heteroatoms. The Bertz CT molecular complexity index is 573. The summed E-state index contributed by atoms with van der Waals surface area (Å²) >= 11 is 0. The molecule has 5 nitrogen and oxygen atoms in total. The molecule has 1 fully saturated rings. The van der Waals surface area contributed by atoms with Gasteiger partial charge in [-0.25, -0.2) is 0 Å². The number of pyridine rings is 1. The Labute approximate surface area is 114 Å². The van der Waals surface area contributed by atoms with Crippen molar-refractivity contribution in [3.05, 3.63) is 30.2 Å². The van der Waals surface area contributed by atoms with Gasteiger partial charge in [-0.15, -0.1) is 10.2 Å². The average Bonchev–Trinajstić information content (AvgIpc) is 2.85. The minimum absolute atomic E-state index is 0.511. The minimum Gasteiger partial charge on any atom is -0.313 e. The quantitative estimate of drug-likeness (QED) is 0.897. The second-order valence-electron chi connectivity index (χ2n) is 4.87. The molecule has 2 aromatic rings. The molecule has 0 atom stereocenters. The van der Waals surface area contributed by atoms with Crippen molar-refractivity contribution in [2.45, 2.75) is 25.3 Å². The number of rotatable bonds is 4. The van der Waals surface area contributed by atoms with Gasteiger partial charge < -0.3 is 5.32 Å². The lowest BCUT2D eigenvalue weighted by Gasteiger charge is -2.22. The molecule has 0 aliphatic carbocycles. The van der Waals surface area contributed by atoms with E-state index in [-0.39, 0.29) is 0 Å². The fourth-order valence-corrected chi connectivity index (χ4v) is 3.75. The van der Waals surface area contributed by atoms with Crippen LogP contribution in [-0.4, -0.2) is 42.9 Å². The Morgan fingerprint density at radius 2 is 2.16 bits per heavy atom. The summed E-state index contributed by atoms with van der Waals surface area (Å²) in [4.78, 5) is 0. The number of hydrogen-bond acceptors (Lipinski definition) is 4. The third-order valence-electron chi connectivity index (χ3n) is 3.55. The molecule has 1 saturated heterocycles. The van der Waals surface area contributed by atoms with E-state index in [0.29, 0.717) is 6.04 Å². The maximum absolute atomic E-state index is 11.3. The van der Waals surface area contributed by atoms with Gasteiger partial charge in [-0.1, -0.05) is 6.07 Å². The number of aromatic nitrogens is 3. The van der Waals surface area contributed by atoms with Crippen LogP contribution in [0.15, 0.2) is 24.4 Å². The average molecular weight is 278 g/mol. The molecule has 0 amide bonds. The van der Waals surface area contributed by atoms with Crippen molar-refractivity contribution in [3.8, 4) is 0 Å². The highest BCUT2D eigenvalue weighted by atomic mass is 32.2. The van der Waals surface area contributed by atoms with Crippen LogP contribution in [0, 0.1) is 0 Å². The van der Waals surface area contributed by atoms with Gasteiger partial charge in [0.2, 0.25) is 0 Å². The van der Waals surface area contributed by atoms with Crippen LogP contribution in [0.2, 0.25) is 0 Å². The molecule has 0 bridgehead atoms. The van der Waals surface area contributed by atoms with Crippen molar-refractivity contribution >= 4 is 16.4 Å². The van der Waals surface area contributed by atoms with Crippen molar-refractivity contribution < 1.29 is 4.21 Å². The lowest BCUT2D eigenvalue weighted by molar-refractivity contribution is 0.476. The third kappa shape index (κ3) is 3.01. The van der Waals surface area contributed by atoms with Gasteiger partial charge in [-0.05, 0) is 25.0 Å². The lowest BCUT2D eigenvalue weighted by Crippen LogP contribution is -2.36. The van der Waals surface area contributed by atoms with Crippen molar-refractivity contribution in [2.24, 2.45) is 0 Å². The summed E-state index contributed by atoms with van der Waals surface area (Å²) in [5, 5.41) is 11.9. The number of fused-ring (bicyclic) bond motifs is 1. The lowest BCUT2D eigenvalue weighted by atomic mass is 10.1. The van der Waals surface area contributed by atoms with E-state index < -0.39 is 10.8 Å². The molecule has 1 aliphatic heterocycles. The molecule has 0 spiro atoms. The molecule has 0 radical (unpaired) electrons. The zero-order chi connectivity index (χ0) is 13.1. The standard InChI is InChI=1S/C13H18N4OS/c18-19-9-5-11(6-10-19)14-7-4-13-16-15-12-3-1-2-8-17(12)13/h1-3,8,11,14H,4-7,9-10H2. The summed E-state index contributed by atoms with van der Waals surface area (Å²) in [5.41, 5.74) is 0.894. The van der Waals surface area contributed by atoms with Gasteiger partial charge in [-0.2, -0.15) is 0 Å². The van der Waals surface area contributed by atoms with Crippen LogP contribution in [0.4, 0.5) is 0 Å². The van der Waals surface area contributed by atoms with Gasteiger partial charge in [0.15, 0.2) is 5.65 Å². The summed E-state index contributed by atoms with van der Waals surface area (Å²) in [6, 6.07) is 6.43. The van der Waals surface area contributed by atoms with Gasteiger partial charge in [0, 0.05) is 47.5 Å². The Balaban J connectivity index is 1.53. The zero-order valence-electron chi connectivity index (χ0n) is 10.8.